The quantitative estimate of drug-likeness (QED) is 0.0317. The van der Waals surface area contributed by atoms with Gasteiger partial charge in [0.1, 0.15) is 73.2 Å². The van der Waals surface area contributed by atoms with Gasteiger partial charge in [0.05, 0.1) is 38.6 Å². The molecule has 12 N–H and O–H groups in total. The fourth-order valence-electron chi connectivity index (χ4n) is 8.30. The van der Waals surface area contributed by atoms with Gasteiger partial charge in [0.25, 0.3) is 0 Å². The van der Waals surface area contributed by atoms with E-state index in [1.165, 1.54) is 0 Å². The summed E-state index contributed by atoms with van der Waals surface area (Å²) in [6.07, 6.45) is 22.7. The van der Waals surface area contributed by atoms with Crippen LogP contribution in [0, 0.1) is 0 Å². The molecule has 3 saturated heterocycles. The Morgan fingerprint density at radius 3 is 1.39 bits per heavy atom. The molecule has 0 bridgehead atoms. The summed E-state index contributed by atoms with van der Waals surface area (Å²) in [4.78, 5) is 13.2. The lowest BCUT2D eigenvalue weighted by Crippen LogP contribution is -2.66. The van der Waals surface area contributed by atoms with Crippen LogP contribution in [0.5, 0.6) is 0 Å². The molecule has 0 aromatic carbocycles. The minimum absolute atomic E-state index is 0.147. The topological polar surface area (TPSA) is 307 Å². The van der Waals surface area contributed by atoms with E-state index < -0.39 is 131 Å². The largest absolute Gasteiger partial charge is 0.394 e. The first-order valence-corrected chi connectivity index (χ1v) is 27.1. The Labute approximate surface area is 449 Å². The van der Waals surface area contributed by atoms with E-state index in [0.29, 0.717) is 19.3 Å². The van der Waals surface area contributed by atoms with Crippen molar-refractivity contribution in [3.05, 3.63) is 109 Å². The van der Waals surface area contributed by atoms with E-state index in [1.54, 1.807) is 12.2 Å². The molecule has 0 aliphatic carbocycles. The van der Waals surface area contributed by atoms with Gasteiger partial charge < -0.3 is 89.9 Å². The molecule has 1 amide bonds. The molecule has 0 spiro atoms. The number of aliphatic hydroxyl groups is 11. The minimum atomic E-state index is -1.99. The molecule has 17 unspecified atom stereocenters. The fourth-order valence-corrected chi connectivity index (χ4v) is 8.30. The molecular weight excluding hydrogens is 987 g/mol. The molecule has 432 valence electrons. The molecule has 0 saturated carbocycles. The number of hydrogen-bond donors (Lipinski definition) is 12. The molecule has 17 atom stereocenters. The van der Waals surface area contributed by atoms with E-state index in [2.05, 4.69) is 104 Å². The molecule has 3 aliphatic heterocycles. The Hall–Kier alpha value is -3.55. The third-order valence-corrected chi connectivity index (χ3v) is 12.8. The van der Waals surface area contributed by atoms with Crippen LogP contribution in [0.2, 0.25) is 0 Å². The molecular formula is C57H91NO18. The van der Waals surface area contributed by atoms with Gasteiger partial charge in [-0.2, -0.15) is 0 Å². The Bertz CT molecular complexity index is 1810. The van der Waals surface area contributed by atoms with Gasteiger partial charge in [-0.25, -0.2) is 0 Å². The van der Waals surface area contributed by atoms with Gasteiger partial charge in [0.15, 0.2) is 18.9 Å². The first-order valence-electron chi connectivity index (χ1n) is 27.1. The van der Waals surface area contributed by atoms with Crippen molar-refractivity contribution in [3.63, 3.8) is 0 Å². The third kappa shape index (κ3) is 24.2. The summed E-state index contributed by atoms with van der Waals surface area (Å²) in [6.45, 7) is 1.40. The number of unbranched alkanes of at least 4 members (excludes halogenated alkanes) is 4. The maximum atomic E-state index is 13.2. The number of carbonyl (C=O) groups is 1. The maximum Gasteiger partial charge on any atom is 0.220 e. The summed E-state index contributed by atoms with van der Waals surface area (Å²) in [6, 6.07) is -1.03. The lowest BCUT2D eigenvalue weighted by Gasteiger charge is -2.48. The highest BCUT2D eigenvalue weighted by Gasteiger charge is 2.53. The molecule has 0 aromatic rings. The highest BCUT2D eigenvalue weighted by atomic mass is 16.8. The molecule has 3 aliphatic rings. The molecule has 0 aromatic heterocycles. The smallest absolute Gasteiger partial charge is 0.220 e. The number of ether oxygens (including phenoxy) is 6. The van der Waals surface area contributed by atoms with Gasteiger partial charge in [-0.3, -0.25) is 4.79 Å². The average Bonchev–Trinajstić information content (AvgIpc) is 3.42. The van der Waals surface area contributed by atoms with Crippen LogP contribution < -0.4 is 5.32 Å². The highest BCUT2D eigenvalue weighted by Crippen LogP contribution is 2.33. The zero-order chi connectivity index (χ0) is 55.5. The van der Waals surface area contributed by atoms with E-state index in [4.69, 9.17) is 28.4 Å². The van der Waals surface area contributed by atoms with Crippen molar-refractivity contribution in [2.75, 3.05) is 26.4 Å². The van der Waals surface area contributed by atoms with Crippen LogP contribution in [0.3, 0.4) is 0 Å². The molecule has 19 heteroatoms. The maximum absolute atomic E-state index is 13.2. The monoisotopic (exact) mass is 1080 g/mol. The van der Waals surface area contributed by atoms with Crippen molar-refractivity contribution < 1.29 is 89.4 Å². The minimum Gasteiger partial charge on any atom is -0.394 e. The number of amides is 1. The lowest BCUT2D eigenvalue weighted by molar-refractivity contribution is -0.379. The van der Waals surface area contributed by atoms with Gasteiger partial charge in [-0.1, -0.05) is 136 Å². The molecule has 3 fully saturated rings. The summed E-state index contributed by atoms with van der Waals surface area (Å²) in [7, 11) is 0. The Kier molecular flexibility index (Phi) is 34.9. The van der Waals surface area contributed by atoms with Crippen molar-refractivity contribution in [1.29, 1.82) is 0 Å². The molecule has 3 rings (SSSR count). The Morgan fingerprint density at radius 1 is 0.487 bits per heavy atom. The van der Waals surface area contributed by atoms with Crippen LogP contribution in [-0.2, 0) is 33.2 Å². The third-order valence-electron chi connectivity index (χ3n) is 12.8. The number of allylic oxidation sites excluding steroid dienone is 17. The first kappa shape index (κ1) is 66.7. The van der Waals surface area contributed by atoms with Crippen molar-refractivity contribution >= 4 is 5.91 Å². The first-order chi connectivity index (χ1) is 36.8. The van der Waals surface area contributed by atoms with Gasteiger partial charge in [0.2, 0.25) is 5.91 Å². The summed E-state index contributed by atoms with van der Waals surface area (Å²) < 4.78 is 34.0. The normalized spacial score (nSPS) is 31.8. The van der Waals surface area contributed by atoms with Gasteiger partial charge in [-0.05, 0) is 77.0 Å². The zero-order valence-corrected chi connectivity index (χ0v) is 44.4. The number of hydrogen-bond acceptors (Lipinski definition) is 18. The molecule has 76 heavy (non-hydrogen) atoms. The highest BCUT2D eigenvalue weighted by molar-refractivity contribution is 5.76. The van der Waals surface area contributed by atoms with E-state index in [1.807, 2.05) is 12.2 Å². The summed E-state index contributed by atoms with van der Waals surface area (Å²) in [5.74, 6) is -0.354. The number of rotatable bonds is 36. The average molecular weight is 1080 g/mol. The van der Waals surface area contributed by atoms with Crippen LogP contribution >= 0.6 is 0 Å². The summed E-state index contributed by atoms with van der Waals surface area (Å²) >= 11 is 0. The second kappa shape index (κ2) is 39.8. The number of aliphatic hydroxyl groups excluding tert-OH is 11. The van der Waals surface area contributed by atoms with Crippen LogP contribution in [0.4, 0.5) is 0 Å². The van der Waals surface area contributed by atoms with Crippen LogP contribution in [0.15, 0.2) is 109 Å². The number of carbonyl (C=O) groups excluding carboxylic acids is 1. The second-order valence-electron chi connectivity index (χ2n) is 18.9. The molecule has 19 nitrogen and oxygen atoms in total. The summed E-state index contributed by atoms with van der Waals surface area (Å²) in [5, 5.41) is 119. The molecule has 3 heterocycles. The predicted octanol–water partition coefficient (Wildman–Crippen LogP) is 3.19. The van der Waals surface area contributed by atoms with E-state index in [9.17, 15) is 61.0 Å². The van der Waals surface area contributed by atoms with Crippen LogP contribution in [0.1, 0.15) is 110 Å². The summed E-state index contributed by atoms with van der Waals surface area (Å²) in [5.41, 5.74) is 0. The standard InChI is InChI=1S/C57H91NO18/c1-3-5-7-9-11-13-14-15-16-17-18-19-20-21-22-23-24-25-26-27-29-31-33-35-45(63)58-40(41(62)34-32-30-28-12-10-8-6-4-2)39-71-55-51(69)48(66)53(43(37-60)73-55)76-57-52(70)49(67)54(44(38-61)74-57)75-56-50(68)47(65)46(64)42(36-59)72-56/h5,7,10-13,15-16,18-19,21-22,24-25,27,29,32,34,40-44,46-57,59-62,64-70H,3-4,6,8-9,14,17,20,23,26,28,30-31,33,35-39H2,1-2H3,(H,58,63)/b7-5-,12-10+,13-11-,16-15-,19-18-,22-21-,25-24-,29-27-,34-32+. The SMILES string of the molecule is CC/C=C\C/C=C\C/C=C\C/C=C\C/C=C\C/C=C\C/C=C\CCCC(=O)NC(COC1OC(CO)C(OC2OC(CO)C(OC3OC(CO)C(O)C(O)C3O)C(O)C2O)C(O)C1O)C(O)/C=C/CC/C=C/CCCC. The Morgan fingerprint density at radius 2 is 0.895 bits per heavy atom. The van der Waals surface area contributed by atoms with Crippen molar-refractivity contribution in [2.45, 2.75) is 214 Å². The van der Waals surface area contributed by atoms with Crippen LogP contribution in [-0.4, -0.2) is 193 Å². The molecule has 0 radical (unpaired) electrons. The predicted molar refractivity (Wildman–Crippen MR) is 286 cm³/mol. The van der Waals surface area contributed by atoms with Gasteiger partial charge in [0, 0.05) is 6.42 Å². The van der Waals surface area contributed by atoms with E-state index in [0.717, 1.165) is 70.6 Å². The fraction of sp³-hybridized carbons (Fsp3) is 0.667. The zero-order valence-electron chi connectivity index (χ0n) is 44.4. The van der Waals surface area contributed by atoms with Crippen molar-refractivity contribution in [1.82, 2.24) is 5.32 Å². The van der Waals surface area contributed by atoms with Crippen molar-refractivity contribution in [2.24, 2.45) is 0 Å². The van der Waals surface area contributed by atoms with E-state index in [-0.39, 0.29) is 12.3 Å². The van der Waals surface area contributed by atoms with Crippen LogP contribution in [0.25, 0.3) is 0 Å². The Balaban J connectivity index is 1.51. The number of nitrogens with one attached hydrogen (secondary N) is 1. The second-order valence-corrected chi connectivity index (χ2v) is 18.9. The van der Waals surface area contributed by atoms with E-state index >= 15 is 0 Å². The van der Waals surface area contributed by atoms with Gasteiger partial charge in [-0.15, -0.1) is 0 Å². The van der Waals surface area contributed by atoms with Crippen molar-refractivity contribution in [3.8, 4) is 0 Å². The van der Waals surface area contributed by atoms with Gasteiger partial charge >= 0.3 is 0 Å². The lowest BCUT2D eigenvalue weighted by atomic mass is 9.96.